The highest BCUT2D eigenvalue weighted by Crippen LogP contribution is 2.22. The van der Waals surface area contributed by atoms with E-state index in [4.69, 9.17) is 4.74 Å². The van der Waals surface area contributed by atoms with E-state index in [2.05, 4.69) is 15.6 Å². The van der Waals surface area contributed by atoms with Gasteiger partial charge in [0.05, 0.1) is 29.3 Å². The molecule has 1 heterocycles. The monoisotopic (exact) mass is 466 g/mol. The van der Waals surface area contributed by atoms with E-state index in [0.717, 1.165) is 12.8 Å². The molecule has 1 aliphatic rings. The Kier molecular flexibility index (Phi) is 7.10. The molecule has 1 aliphatic carbocycles. The van der Waals surface area contributed by atoms with Gasteiger partial charge in [0.1, 0.15) is 0 Å². The number of hydrogen-bond donors (Lipinski definition) is 2. The normalized spacial score (nSPS) is 14.1. The third-order valence-corrected chi connectivity index (χ3v) is 6.23. The van der Waals surface area contributed by atoms with Crippen LogP contribution in [0.25, 0.3) is 10.9 Å². The van der Waals surface area contributed by atoms with Crippen LogP contribution in [-0.2, 0) is 9.53 Å². The number of hydrogen-bond acceptors (Lipinski definition) is 6. The second-order valence-electron chi connectivity index (χ2n) is 8.06. The van der Waals surface area contributed by atoms with Gasteiger partial charge in [0.25, 0.3) is 11.5 Å². The summed E-state index contributed by atoms with van der Waals surface area (Å²) in [6, 6.07) is 14.0. The number of methoxy groups -OCH3 is 1. The van der Waals surface area contributed by atoms with Crippen molar-refractivity contribution in [3.05, 3.63) is 64.4 Å². The molecule has 1 saturated carbocycles. The van der Waals surface area contributed by atoms with Crippen molar-refractivity contribution in [1.29, 1.82) is 0 Å². The molecule has 33 heavy (non-hydrogen) atoms. The first-order chi connectivity index (χ1) is 16.0. The van der Waals surface area contributed by atoms with Gasteiger partial charge in [0.15, 0.2) is 5.16 Å². The summed E-state index contributed by atoms with van der Waals surface area (Å²) >= 11 is 1.19. The van der Waals surface area contributed by atoms with Gasteiger partial charge in [-0.15, -0.1) is 0 Å². The zero-order chi connectivity index (χ0) is 23.4. The van der Waals surface area contributed by atoms with Gasteiger partial charge >= 0.3 is 0 Å². The van der Waals surface area contributed by atoms with Gasteiger partial charge in [-0.1, -0.05) is 30.0 Å². The van der Waals surface area contributed by atoms with E-state index in [1.54, 1.807) is 54.1 Å². The summed E-state index contributed by atoms with van der Waals surface area (Å²) in [6.45, 7) is 2.22. The van der Waals surface area contributed by atoms with Crippen LogP contribution in [0.4, 0.5) is 5.69 Å². The van der Waals surface area contributed by atoms with Crippen molar-refractivity contribution in [2.45, 2.75) is 37.0 Å². The number of carbonyl (C=O) groups excluding carboxylic acids is 2. The third-order valence-electron chi connectivity index (χ3n) is 5.28. The van der Waals surface area contributed by atoms with Crippen molar-refractivity contribution in [2.75, 3.05) is 24.8 Å². The van der Waals surface area contributed by atoms with Crippen LogP contribution in [0, 0.1) is 0 Å². The Labute approximate surface area is 195 Å². The van der Waals surface area contributed by atoms with E-state index in [1.807, 2.05) is 13.0 Å². The minimum Gasteiger partial charge on any atom is -0.383 e. The van der Waals surface area contributed by atoms with Crippen molar-refractivity contribution in [1.82, 2.24) is 14.9 Å². The minimum absolute atomic E-state index is 0.0585. The molecule has 0 spiro atoms. The highest BCUT2D eigenvalue weighted by Gasteiger charge is 2.24. The second-order valence-corrected chi connectivity index (χ2v) is 9.00. The van der Waals surface area contributed by atoms with Crippen LogP contribution >= 0.6 is 11.8 Å². The largest absolute Gasteiger partial charge is 0.383 e. The highest BCUT2D eigenvalue weighted by molar-refractivity contribution is 7.99. The summed E-state index contributed by atoms with van der Waals surface area (Å²) in [5, 5.41) is 6.74. The maximum absolute atomic E-state index is 13.1. The third kappa shape index (κ3) is 5.61. The van der Waals surface area contributed by atoms with E-state index >= 15 is 0 Å². The van der Waals surface area contributed by atoms with Gasteiger partial charge < -0.3 is 15.4 Å². The Bertz CT molecular complexity index is 1240. The fraction of sp³-hybridized carbons (Fsp3) is 0.333. The lowest BCUT2D eigenvalue weighted by Crippen LogP contribution is -2.29. The molecule has 8 nitrogen and oxygen atoms in total. The number of amides is 2. The number of aromatic nitrogens is 2. The molecule has 9 heteroatoms. The molecule has 0 radical (unpaired) electrons. The average molecular weight is 467 g/mol. The lowest BCUT2D eigenvalue weighted by molar-refractivity contribution is -0.113. The van der Waals surface area contributed by atoms with Gasteiger partial charge in [-0.05, 0) is 50.1 Å². The van der Waals surface area contributed by atoms with Crippen molar-refractivity contribution in [2.24, 2.45) is 0 Å². The number of rotatable bonds is 9. The molecule has 1 atom stereocenters. The molecule has 1 fully saturated rings. The first kappa shape index (κ1) is 23.0. The lowest BCUT2D eigenvalue weighted by atomic mass is 10.2. The van der Waals surface area contributed by atoms with E-state index in [-0.39, 0.29) is 35.2 Å². The summed E-state index contributed by atoms with van der Waals surface area (Å²) in [5.41, 5.74) is 1.47. The molecular weight excluding hydrogens is 440 g/mol. The molecule has 172 valence electrons. The Hall–Kier alpha value is -3.17. The molecule has 0 unspecified atom stereocenters. The molecule has 4 rings (SSSR count). The highest BCUT2D eigenvalue weighted by atomic mass is 32.2. The quantitative estimate of drug-likeness (QED) is 0.371. The van der Waals surface area contributed by atoms with E-state index in [9.17, 15) is 14.4 Å². The number of anilines is 1. The van der Waals surface area contributed by atoms with Gasteiger partial charge in [-0.3, -0.25) is 19.0 Å². The fourth-order valence-corrected chi connectivity index (χ4v) is 4.39. The van der Waals surface area contributed by atoms with Crippen LogP contribution in [0.3, 0.4) is 0 Å². The van der Waals surface area contributed by atoms with Crippen LogP contribution in [0.1, 0.15) is 36.2 Å². The van der Waals surface area contributed by atoms with Crippen molar-refractivity contribution in [3.63, 3.8) is 0 Å². The Morgan fingerprint density at radius 3 is 2.76 bits per heavy atom. The first-order valence-corrected chi connectivity index (χ1v) is 11.8. The minimum atomic E-state index is -0.256. The van der Waals surface area contributed by atoms with E-state index in [1.165, 1.54) is 11.8 Å². The van der Waals surface area contributed by atoms with Crippen molar-refractivity contribution >= 4 is 40.2 Å². The Balaban J connectivity index is 1.49. The van der Waals surface area contributed by atoms with E-state index in [0.29, 0.717) is 33.9 Å². The smallest absolute Gasteiger partial charge is 0.262 e. The van der Waals surface area contributed by atoms with Gasteiger partial charge in [-0.2, -0.15) is 0 Å². The number of nitrogens with one attached hydrogen (secondary N) is 2. The molecule has 2 aromatic carbocycles. The van der Waals surface area contributed by atoms with E-state index < -0.39 is 0 Å². The molecule has 0 bridgehead atoms. The predicted molar refractivity (Wildman–Crippen MR) is 129 cm³/mol. The van der Waals surface area contributed by atoms with Crippen LogP contribution in [0.5, 0.6) is 0 Å². The molecule has 3 aromatic rings. The summed E-state index contributed by atoms with van der Waals surface area (Å²) < 4.78 is 6.81. The van der Waals surface area contributed by atoms with Crippen LogP contribution in [-0.4, -0.2) is 46.9 Å². The zero-order valence-corrected chi connectivity index (χ0v) is 19.4. The number of benzene rings is 2. The van der Waals surface area contributed by atoms with Gasteiger partial charge in [0.2, 0.25) is 5.91 Å². The van der Waals surface area contributed by atoms with Crippen LogP contribution < -0.4 is 16.2 Å². The first-order valence-electron chi connectivity index (χ1n) is 10.8. The standard InChI is InChI=1S/C24H26N4O4S/c1-15(13-32-2)28-23(31)19-8-3-4-9-20(19)27-24(28)33-14-21(29)25-18-7-5-6-16(12-18)22(30)26-17-10-11-17/h3-9,12,15,17H,10-11,13-14H2,1-2H3,(H,25,29)(H,26,30)/t15-/m1/s1. The maximum Gasteiger partial charge on any atom is 0.262 e. The number of ether oxygens (including phenoxy) is 1. The molecule has 1 aromatic heterocycles. The molecule has 2 amide bonds. The summed E-state index contributed by atoms with van der Waals surface area (Å²) in [7, 11) is 1.58. The van der Waals surface area contributed by atoms with Crippen molar-refractivity contribution < 1.29 is 14.3 Å². The summed E-state index contributed by atoms with van der Waals surface area (Å²) in [4.78, 5) is 42.6. The van der Waals surface area contributed by atoms with Crippen LogP contribution in [0.2, 0.25) is 0 Å². The topological polar surface area (TPSA) is 102 Å². The Morgan fingerprint density at radius 2 is 2.00 bits per heavy atom. The summed E-state index contributed by atoms with van der Waals surface area (Å²) in [6.07, 6.45) is 2.02. The molecule has 0 saturated heterocycles. The summed E-state index contributed by atoms with van der Waals surface area (Å²) in [5.74, 6) is -0.337. The number of para-hydroxylation sites is 1. The SMILES string of the molecule is COC[C@@H](C)n1c(SCC(=O)Nc2cccc(C(=O)NC3CC3)c2)nc2ccccc2c1=O. The number of fused-ring (bicyclic) bond motifs is 1. The number of nitrogens with zero attached hydrogens (tertiary/aromatic N) is 2. The molecular formula is C24H26N4O4S. The van der Waals surface area contributed by atoms with Crippen LogP contribution in [0.15, 0.2) is 58.5 Å². The Morgan fingerprint density at radius 1 is 1.21 bits per heavy atom. The molecule has 0 aliphatic heterocycles. The van der Waals surface area contributed by atoms with Crippen molar-refractivity contribution in [3.8, 4) is 0 Å². The number of carbonyl (C=O) groups is 2. The number of thioether (sulfide) groups is 1. The predicted octanol–water partition coefficient (Wildman–Crippen LogP) is 3.23. The lowest BCUT2D eigenvalue weighted by Gasteiger charge is -2.18. The zero-order valence-electron chi connectivity index (χ0n) is 18.5. The maximum atomic E-state index is 13.1. The average Bonchev–Trinajstić information content (AvgIpc) is 3.62. The van der Waals surface area contributed by atoms with Gasteiger partial charge in [0, 0.05) is 24.4 Å². The van der Waals surface area contributed by atoms with Gasteiger partial charge in [-0.25, -0.2) is 4.98 Å². The molecule has 2 N–H and O–H groups in total. The second kappa shape index (κ2) is 10.2. The fourth-order valence-electron chi connectivity index (χ4n) is 3.49.